The largest absolute Gasteiger partial charge is 0.382 e. The highest BCUT2D eigenvalue weighted by atomic mass is 16.6. The number of rotatable bonds is 12. The van der Waals surface area contributed by atoms with E-state index in [1.807, 2.05) is 0 Å². The van der Waals surface area contributed by atoms with Gasteiger partial charge in [-0.3, -0.25) is 0 Å². The average molecular weight is 361 g/mol. The predicted molar refractivity (Wildman–Crippen MR) is 84.6 cm³/mol. The van der Waals surface area contributed by atoms with E-state index in [4.69, 9.17) is 23.7 Å². The third kappa shape index (κ3) is 5.34. The number of methoxy groups -OCH3 is 2. The Labute approximate surface area is 143 Å². The lowest BCUT2D eigenvalue weighted by Gasteiger charge is -2.13. The van der Waals surface area contributed by atoms with Gasteiger partial charge < -0.3 is 23.7 Å². The van der Waals surface area contributed by atoms with E-state index in [1.54, 1.807) is 0 Å². The van der Waals surface area contributed by atoms with Crippen LogP contribution in [0.2, 0.25) is 0 Å². The van der Waals surface area contributed by atoms with Crippen molar-refractivity contribution in [2.24, 2.45) is 0 Å². The van der Waals surface area contributed by atoms with E-state index in [0.717, 1.165) is 13.7 Å². The minimum Gasteiger partial charge on any atom is -0.382 e. The number of epoxide rings is 1. The molecule has 1 saturated heterocycles. The summed E-state index contributed by atoms with van der Waals surface area (Å²) in [5.41, 5.74) is -2.27. The molecule has 25 heavy (non-hydrogen) atoms. The quantitative estimate of drug-likeness (QED) is 0.305. The van der Waals surface area contributed by atoms with Gasteiger partial charge in [0.2, 0.25) is 0 Å². The van der Waals surface area contributed by atoms with Gasteiger partial charge in [-0.15, -0.1) is 0 Å². The number of aromatic nitrogens is 3. The first-order chi connectivity index (χ1) is 12.1. The SMILES string of the molecule is COCCOCn1c(=O)n(COCCOC)c(=O)n(CC2CO2)c1=O. The second kappa shape index (κ2) is 9.63. The molecule has 11 nitrogen and oxygen atoms in total. The Morgan fingerprint density at radius 1 is 0.840 bits per heavy atom. The Morgan fingerprint density at radius 3 is 1.68 bits per heavy atom. The fourth-order valence-electron chi connectivity index (χ4n) is 2.03. The van der Waals surface area contributed by atoms with Crippen molar-refractivity contribution in [3.05, 3.63) is 31.5 Å². The summed E-state index contributed by atoms with van der Waals surface area (Å²) in [5.74, 6) is 0. The predicted octanol–water partition coefficient (Wildman–Crippen LogP) is -2.19. The minimum atomic E-state index is -0.794. The molecule has 0 amide bonds. The molecule has 0 spiro atoms. The standard InChI is InChI=1S/C14H23N3O8/c1-21-3-5-23-9-16-12(18)15(7-11-8-25-11)13(19)17(14(16)20)10-24-6-4-22-2/h11H,3-10H2,1-2H3. The third-order valence-corrected chi connectivity index (χ3v) is 3.48. The lowest BCUT2D eigenvalue weighted by molar-refractivity contribution is 0.0161. The molecule has 11 heteroatoms. The van der Waals surface area contributed by atoms with Crippen LogP contribution in [0.25, 0.3) is 0 Å². The molecule has 0 saturated carbocycles. The highest BCUT2D eigenvalue weighted by Gasteiger charge is 2.26. The first-order valence-corrected chi connectivity index (χ1v) is 7.79. The van der Waals surface area contributed by atoms with Gasteiger partial charge in [-0.05, 0) is 0 Å². The number of ether oxygens (including phenoxy) is 5. The van der Waals surface area contributed by atoms with Crippen molar-refractivity contribution >= 4 is 0 Å². The maximum absolute atomic E-state index is 12.5. The van der Waals surface area contributed by atoms with Gasteiger partial charge in [0.25, 0.3) is 0 Å². The molecule has 1 fully saturated rings. The Morgan fingerprint density at radius 2 is 1.28 bits per heavy atom. The summed E-state index contributed by atoms with van der Waals surface area (Å²) in [5, 5.41) is 0. The molecule has 0 bridgehead atoms. The van der Waals surface area contributed by atoms with Crippen molar-refractivity contribution in [2.45, 2.75) is 26.1 Å². The van der Waals surface area contributed by atoms with Crippen LogP contribution in [0.1, 0.15) is 0 Å². The number of hydrogen-bond acceptors (Lipinski definition) is 8. The lowest BCUT2D eigenvalue weighted by atomic mass is 10.5. The van der Waals surface area contributed by atoms with Gasteiger partial charge in [-0.1, -0.05) is 0 Å². The zero-order valence-corrected chi connectivity index (χ0v) is 14.3. The molecular weight excluding hydrogens is 338 g/mol. The minimum absolute atomic E-state index is 0.0775. The van der Waals surface area contributed by atoms with Crippen LogP contribution >= 0.6 is 0 Å². The van der Waals surface area contributed by atoms with Gasteiger partial charge in [0.05, 0.1) is 45.7 Å². The Bertz CT molecular complexity index is 668. The zero-order chi connectivity index (χ0) is 18.2. The van der Waals surface area contributed by atoms with Gasteiger partial charge in [0, 0.05) is 14.2 Å². The van der Waals surface area contributed by atoms with Crippen molar-refractivity contribution < 1.29 is 23.7 Å². The zero-order valence-electron chi connectivity index (χ0n) is 14.3. The highest BCUT2D eigenvalue weighted by molar-refractivity contribution is 4.81. The molecule has 1 atom stereocenters. The van der Waals surface area contributed by atoms with E-state index in [0.29, 0.717) is 19.8 Å². The van der Waals surface area contributed by atoms with Crippen LogP contribution < -0.4 is 17.1 Å². The van der Waals surface area contributed by atoms with Gasteiger partial charge in [-0.2, -0.15) is 0 Å². The smallest absolute Gasteiger partial charge is 0.340 e. The molecule has 1 unspecified atom stereocenters. The van der Waals surface area contributed by atoms with E-state index in [-0.39, 0.29) is 39.3 Å². The first kappa shape index (κ1) is 19.5. The molecule has 1 aromatic heterocycles. The van der Waals surface area contributed by atoms with E-state index in [1.165, 1.54) is 14.2 Å². The van der Waals surface area contributed by atoms with Crippen LogP contribution in [0, 0.1) is 0 Å². The number of nitrogens with zero attached hydrogens (tertiary/aromatic N) is 3. The molecule has 0 radical (unpaired) electrons. The van der Waals surface area contributed by atoms with Crippen molar-refractivity contribution in [1.29, 1.82) is 0 Å². The van der Waals surface area contributed by atoms with Crippen LogP contribution in [-0.4, -0.2) is 67.1 Å². The van der Waals surface area contributed by atoms with E-state index >= 15 is 0 Å². The molecule has 1 aliphatic heterocycles. The van der Waals surface area contributed by atoms with Crippen LogP contribution in [0.3, 0.4) is 0 Å². The van der Waals surface area contributed by atoms with E-state index < -0.39 is 17.1 Å². The molecule has 142 valence electrons. The topological polar surface area (TPSA) is 115 Å². The first-order valence-electron chi connectivity index (χ1n) is 7.79. The second-order valence-corrected chi connectivity index (χ2v) is 5.33. The molecule has 0 N–H and O–H groups in total. The summed E-state index contributed by atoms with van der Waals surface area (Å²) in [6, 6.07) is 0. The van der Waals surface area contributed by atoms with Crippen molar-refractivity contribution in [2.75, 3.05) is 47.3 Å². The van der Waals surface area contributed by atoms with Gasteiger partial charge >= 0.3 is 17.1 Å². The Kier molecular flexibility index (Phi) is 7.52. The van der Waals surface area contributed by atoms with Crippen LogP contribution in [0.4, 0.5) is 0 Å². The molecular formula is C14H23N3O8. The summed E-state index contributed by atoms with van der Waals surface area (Å²) >= 11 is 0. The summed E-state index contributed by atoms with van der Waals surface area (Å²) < 4.78 is 27.9. The van der Waals surface area contributed by atoms with E-state index in [9.17, 15) is 14.4 Å². The fraction of sp³-hybridized carbons (Fsp3) is 0.786. The van der Waals surface area contributed by atoms with Crippen molar-refractivity contribution in [3.8, 4) is 0 Å². The van der Waals surface area contributed by atoms with Crippen molar-refractivity contribution in [3.63, 3.8) is 0 Å². The van der Waals surface area contributed by atoms with Gasteiger partial charge in [0.15, 0.2) is 0 Å². The Balaban J connectivity index is 2.27. The molecule has 0 aromatic carbocycles. The van der Waals surface area contributed by atoms with Crippen LogP contribution in [0.15, 0.2) is 14.4 Å². The lowest BCUT2D eigenvalue weighted by Crippen LogP contribution is -2.55. The molecule has 2 rings (SSSR count). The maximum atomic E-state index is 12.5. The second-order valence-electron chi connectivity index (χ2n) is 5.33. The molecule has 1 aliphatic rings. The summed E-state index contributed by atoms with van der Waals surface area (Å²) in [4.78, 5) is 37.4. The average Bonchev–Trinajstić information content (AvgIpc) is 3.41. The molecule has 0 aliphatic carbocycles. The van der Waals surface area contributed by atoms with Crippen LogP contribution in [-0.2, 0) is 43.7 Å². The fourth-order valence-corrected chi connectivity index (χ4v) is 2.03. The summed E-state index contributed by atoms with van der Waals surface area (Å²) in [6.45, 7) is 1.02. The summed E-state index contributed by atoms with van der Waals surface area (Å²) in [7, 11) is 3.02. The Hall–Kier alpha value is -1.79. The monoisotopic (exact) mass is 361 g/mol. The molecule has 1 aromatic rings. The van der Waals surface area contributed by atoms with Crippen LogP contribution in [0.5, 0.6) is 0 Å². The van der Waals surface area contributed by atoms with Gasteiger partial charge in [-0.25, -0.2) is 28.1 Å². The third-order valence-electron chi connectivity index (χ3n) is 3.48. The highest BCUT2D eigenvalue weighted by Crippen LogP contribution is 2.08. The van der Waals surface area contributed by atoms with E-state index in [2.05, 4.69) is 0 Å². The van der Waals surface area contributed by atoms with Gasteiger partial charge in [0.1, 0.15) is 13.5 Å². The maximum Gasteiger partial charge on any atom is 0.340 e. The molecule has 2 heterocycles. The number of hydrogen-bond donors (Lipinski definition) is 0. The van der Waals surface area contributed by atoms with Crippen molar-refractivity contribution in [1.82, 2.24) is 13.7 Å². The normalized spacial score (nSPS) is 16.3. The summed E-state index contributed by atoms with van der Waals surface area (Å²) in [6.07, 6.45) is -0.200.